The van der Waals surface area contributed by atoms with Gasteiger partial charge in [0.1, 0.15) is 0 Å². The van der Waals surface area contributed by atoms with Crippen molar-refractivity contribution in [2.75, 3.05) is 26.3 Å². The number of nitrogens with two attached hydrogens (primary N) is 1. The molecule has 0 bridgehead atoms. The Labute approximate surface area is 211 Å². The minimum Gasteiger partial charge on any atom is -0.505 e. The van der Waals surface area contributed by atoms with Crippen LogP contribution >= 0.6 is 0 Å². The highest BCUT2D eigenvalue weighted by Gasteiger charge is 2.14. The number of hydrogen-bond acceptors (Lipinski definition) is 8. The predicted octanol–water partition coefficient (Wildman–Crippen LogP) is 3.11. The average molecular weight is 527 g/mol. The summed E-state index contributed by atoms with van der Waals surface area (Å²) < 4.78 is 44.9. The summed E-state index contributed by atoms with van der Waals surface area (Å²) in [5, 5.41) is 27.1. The topological polar surface area (TPSA) is 148 Å². The maximum atomic E-state index is 13.3. The van der Waals surface area contributed by atoms with Gasteiger partial charge in [-0.2, -0.15) is 13.6 Å². The third-order valence-corrected chi connectivity index (χ3v) is 5.83. The van der Waals surface area contributed by atoms with Crippen LogP contribution in [0.4, 0.5) is 4.39 Å². The molecule has 36 heavy (non-hydrogen) atoms. The number of phenols is 1. The molecule has 200 valence electrons. The molecule has 1 atom stereocenters. The number of nitrogens with one attached hydrogen (secondary N) is 1. The summed E-state index contributed by atoms with van der Waals surface area (Å²) in [4.78, 5) is 11.8. The molecule has 0 aliphatic heterocycles. The minimum absolute atomic E-state index is 0.136. The zero-order chi connectivity index (χ0) is 26.4. The fraction of sp³-hybridized carbons (Fsp3) is 0.480. The predicted molar refractivity (Wildman–Crippen MR) is 133 cm³/mol. The maximum Gasteiger partial charge on any atom is 0.382 e. The van der Waals surface area contributed by atoms with Gasteiger partial charge in [-0.1, -0.05) is 31.0 Å². The van der Waals surface area contributed by atoms with Gasteiger partial charge in [-0.15, -0.1) is 0 Å². The van der Waals surface area contributed by atoms with Crippen LogP contribution in [-0.2, 0) is 25.6 Å². The van der Waals surface area contributed by atoms with Crippen molar-refractivity contribution in [3.63, 3.8) is 0 Å². The second-order valence-corrected chi connectivity index (χ2v) is 9.63. The number of carbonyl (C=O) groups excluding carboxylic acids is 1. The molecule has 2 aromatic carbocycles. The molecular formula is C25H35FN2O7S. The first-order valence-corrected chi connectivity index (χ1v) is 13.4. The van der Waals surface area contributed by atoms with Crippen LogP contribution in [0.2, 0.25) is 0 Å². The number of benzene rings is 2. The zero-order valence-electron chi connectivity index (χ0n) is 20.2. The van der Waals surface area contributed by atoms with E-state index < -0.39 is 33.9 Å². The molecule has 0 heterocycles. The summed E-state index contributed by atoms with van der Waals surface area (Å²) in [6.07, 6.45) is 5.61. The molecular weight excluding hydrogens is 491 g/mol. The first kappa shape index (κ1) is 29.7. The van der Waals surface area contributed by atoms with Crippen LogP contribution in [0, 0.1) is 5.82 Å². The highest BCUT2D eigenvalue weighted by molar-refractivity contribution is 7.84. The third kappa shape index (κ3) is 11.9. The molecule has 0 spiro atoms. The van der Waals surface area contributed by atoms with Crippen molar-refractivity contribution in [1.82, 2.24) is 5.32 Å². The number of hydrogen-bond donors (Lipinski definition) is 4. The Hall–Kier alpha value is -2.57. The van der Waals surface area contributed by atoms with Gasteiger partial charge >= 0.3 is 16.3 Å². The van der Waals surface area contributed by atoms with E-state index in [1.165, 1.54) is 18.2 Å². The van der Waals surface area contributed by atoms with Crippen molar-refractivity contribution in [1.29, 1.82) is 0 Å². The first-order chi connectivity index (χ1) is 17.2. The van der Waals surface area contributed by atoms with Crippen LogP contribution in [0.15, 0.2) is 42.5 Å². The SMILES string of the molecule is NS(=O)(=O)OC(=O)c1cccc(CCCCOCCCCCCNC[C@H](O)c2ccc(O)c(F)c2)c1. The van der Waals surface area contributed by atoms with Crippen LogP contribution in [0.3, 0.4) is 0 Å². The van der Waals surface area contributed by atoms with Gasteiger partial charge in [-0.05, 0) is 74.0 Å². The highest BCUT2D eigenvalue weighted by Crippen LogP contribution is 2.20. The van der Waals surface area contributed by atoms with E-state index in [-0.39, 0.29) is 5.56 Å². The lowest BCUT2D eigenvalue weighted by molar-refractivity contribution is 0.0746. The third-order valence-electron chi connectivity index (χ3n) is 5.45. The molecule has 0 fully saturated rings. The molecule has 0 aliphatic carbocycles. The van der Waals surface area contributed by atoms with Crippen molar-refractivity contribution in [2.45, 2.75) is 51.0 Å². The van der Waals surface area contributed by atoms with E-state index in [9.17, 15) is 27.8 Å². The number of aromatic hydroxyl groups is 1. The second-order valence-electron chi connectivity index (χ2n) is 8.48. The second kappa shape index (κ2) is 15.5. The summed E-state index contributed by atoms with van der Waals surface area (Å²) in [5.74, 6) is -2.17. The van der Waals surface area contributed by atoms with Gasteiger partial charge in [0.25, 0.3) is 0 Å². The van der Waals surface area contributed by atoms with Crippen LogP contribution in [-0.4, -0.2) is 50.9 Å². The van der Waals surface area contributed by atoms with E-state index in [0.29, 0.717) is 25.3 Å². The van der Waals surface area contributed by atoms with E-state index in [4.69, 9.17) is 9.88 Å². The molecule has 5 N–H and O–H groups in total. The fourth-order valence-electron chi connectivity index (χ4n) is 3.54. The van der Waals surface area contributed by atoms with Crippen LogP contribution in [0.25, 0.3) is 0 Å². The Morgan fingerprint density at radius 3 is 2.47 bits per heavy atom. The lowest BCUT2D eigenvalue weighted by atomic mass is 10.1. The maximum absolute atomic E-state index is 13.3. The number of rotatable bonds is 17. The van der Waals surface area contributed by atoms with E-state index in [1.807, 2.05) is 6.07 Å². The highest BCUT2D eigenvalue weighted by atomic mass is 32.2. The number of aliphatic hydroxyl groups excluding tert-OH is 1. The van der Waals surface area contributed by atoms with Crippen molar-refractivity contribution < 1.29 is 36.7 Å². The van der Waals surface area contributed by atoms with E-state index >= 15 is 0 Å². The Kier molecular flexibility index (Phi) is 12.8. The molecule has 0 saturated carbocycles. The number of carbonyl (C=O) groups is 1. The quantitative estimate of drug-likeness (QED) is 0.230. The Bertz CT molecular complexity index is 1070. The zero-order valence-corrected chi connectivity index (χ0v) is 21.0. The van der Waals surface area contributed by atoms with Crippen molar-refractivity contribution in [3.8, 4) is 5.75 Å². The summed E-state index contributed by atoms with van der Waals surface area (Å²) in [7, 11) is -4.34. The molecule has 2 aromatic rings. The molecule has 0 unspecified atom stereocenters. The van der Waals surface area contributed by atoms with Crippen LogP contribution in [0.5, 0.6) is 5.75 Å². The van der Waals surface area contributed by atoms with Gasteiger partial charge in [-0.3, -0.25) is 0 Å². The van der Waals surface area contributed by atoms with Gasteiger partial charge in [0.15, 0.2) is 11.6 Å². The number of unbranched alkanes of at least 4 members (excludes halogenated alkanes) is 4. The van der Waals surface area contributed by atoms with Gasteiger partial charge in [-0.25, -0.2) is 9.18 Å². The number of phenolic OH excluding ortho intramolecular Hbond substituents is 1. The Morgan fingerprint density at radius 2 is 1.75 bits per heavy atom. The molecule has 9 nitrogen and oxygen atoms in total. The Morgan fingerprint density at radius 1 is 1.03 bits per heavy atom. The van der Waals surface area contributed by atoms with Crippen molar-refractivity contribution in [2.24, 2.45) is 5.14 Å². The summed E-state index contributed by atoms with van der Waals surface area (Å²) >= 11 is 0. The van der Waals surface area contributed by atoms with Gasteiger partial charge in [0.2, 0.25) is 0 Å². The molecule has 0 saturated heterocycles. The van der Waals surface area contributed by atoms with Crippen molar-refractivity contribution in [3.05, 3.63) is 65.0 Å². The lowest BCUT2D eigenvalue weighted by Gasteiger charge is -2.12. The monoisotopic (exact) mass is 526 g/mol. The normalized spacial score (nSPS) is 12.4. The fourth-order valence-corrected chi connectivity index (χ4v) is 3.84. The molecule has 0 aromatic heterocycles. The number of aryl methyl sites for hydroxylation is 1. The number of halogens is 1. The van der Waals surface area contributed by atoms with Crippen molar-refractivity contribution >= 4 is 16.3 Å². The van der Waals surface area contributed by atoms with Gasteiger partial charge < -0.3 is 24.4 Å². The molecule has 11 heteroatoms. The summed E-state index contributed by atoms with van der Waals surface area (Å²) in [5.41, 5.74) is 1.46. The molecule has 2 rings (SSSR count). The summed E-state index contributed by atoms with van der Waals surface area (Å²) in [6, 6.07) is 10.5. The number of aliphatic hydroxyl groups is 1. The Balaban J connectivity index is 1.45. The average Bonchev–Trinajstić information content (AvgIpc) is 2.82. The lowest BCUT2D eigenvalue weighted by Crippen LogP contribution is -2.22. The number of ether oxygens (including phenoxy) is 1. The van der Waals surface area contributed by atoms with Crippen LogP contribution in [0.1, 0.15) is 66.1 Å². The van der Waals surface area contributed by atoms with Crippen LogP contribution < -0.4 is 10.5 Å². The van der Waals surface area contributed by atoms with E-state index in [0.717, 1.165) is 63.1 Å². The standard InChI is InChI=1S/C25H35FN2O7S/c26-22-17-20(11-12-23(22)29)24(30)18-28-13-4-1-2-5-14-34-15-6-3-8-19-9-7-10-21(16-19)25(31)35-36(27,32)33/h7,9-12,16-17,24,28-30H,1-6,8,13-15,18H2,(H2,27,32,33)/t24-/m0/s1. The largest absolute Gasteiger partial charge is 0.505 e. The first-order valence-electron chi connectivity index (χ1n) is 12.0. The smallest absolute Gasteiger partial charge is 0.382 e. The molecule has 0 aliphatic rings. The van der Waals surface area contributed by atoms with Gasteiger partial charge in [0.05, 0.1) is 11.7 Å². The van der Waals surface area contributed by atoms with E-state index in [2.05, 4.69) is 9.50 Å². The summed E-state index contributed by atoms with van der Waals surface area (Å²) in [6.45, 7) is 2.40. The minimum atomic E-state index is -4.34. The molecule has 0 amide bonds. The van der Waals surface area contributed by atoms with E-state index in [1.54, 1.807) is 12.1 Å². The molecule has 0 radical (unpaired) electrons. The van der Waals surface area contributed by atoms with Gasteiger partial charge in [0, 0.05) is 19.8 Å².